The first-order chi connectivity index (χ1) is 13.8. The second kappa shape index (κ2) is 8.64. The molecule has 29 heavy (non-hydrogen) atoms. The Morgan fingerprint density at radius 1 is 1.00 bits per heavy atom. The van der Waals surface area contributed by atoms with Crippen LogP contribution in [0.4, 0.5) is 0 Å². The molecule has 1 saturated carbocycles. The Bertz CT molecular complexity index is 911. The number of benzene rings is 2. The minimum Gasteiger partial charge on any atom is -0.466 e. The van der Waals surface area contributed by atoms with Crippen LogP contribution in [0.1, 0.15) is 37.5 Å². The maximum Gasteiger partial charge on any atom is 0.333 e. The van der Waals surface area contributed by atoms with Crippen molar-refractivity contribution in [3.8, 4) is 0 Å². The van der Waals surface area contributed by atoms with Crippen LogP contribution in [0.2, 0.25) is 0 Å². The molecule has 0 N–H and O–H groups in total. The fourth-order valence-corrected chi connectivity index (χ4v) is 3.84. The Morgan fingerprint density at radius 3 is 2.34 bits per heavy atom. The molecular formula is C25H28O4. The van der Waals surface area contributed by atoms with Crippen molar-refractivity contribution in [3.05, 3.63) is 82.9 Å². The minimum atomic E-state index is -0.366. The molecule has 0 spiro atoms. The lowest BCUT2D eigenvalue weighted by atomic mass is 10.0. The molecule has 0 aliphatic heterocycles. The molecule has 0 radical (unpaired) electrons. The number of allylic oxidation sites excluding steroid dienone is 1. The third kappa shape index (κ3) is 4.94. The maximum absolute atomic E-state index is 12.6. The lowest BCUT2D eigenvalue weighted by Crippen LogP contribution is -2.11. The zero-order chi connectivity index (χ0) is 21.0. The number of methoxy groups -OCH3 is 1. The van der Waals surface area contributed by atoms with Gasteiger partial charge < -0.3 is 9.47 Å². The van der Waals surface area contributed by atoms with Crippen LogP contribution in [0, 0.1) is 17.3 Å². The lowest BCUT2D eigenvalue weighted by molar-refractivity contribution is -0.147. The number of carbonyl (C=O) groups excluding carboxylic acids is 2. The predicted molar refractivity (Wildman–Crippen MR) is 112 cm³/mol. The van der Waals surface area contributed by atoms with Crippen molar-refractivity contribution >= 4 is 11.9 Å². The van der Waals surface area contributed by atoms with Gasteiger partial charge in [0.25, 0.3) is 0 Å². The van der Waals surface area contributed by atoms with Crippen LogP contribution in [-0.4, -0.2) is 19.0 Å². The number of hydrogen-bond acceptors (Lipinski definition) is 4. The van der Waals surface area contributed by atoms with E-state index < -0.39 is 0 Å². The van der Waals surface area contributed by atoms with Gasteiger partial charge in [0.15, 0.2) is 0 Å². The number of rotatable bonds is 7. The molecule has 1 aliphatic rings. The molecule has 0 aromatic heterocycles. The molecule has 0 heterocycles. The third-order valence-corrected chi connectivity index (χ3v) is 5.73. The van der Waals surface area contributed by atoms with Crippen LogP contribution in [0.5, 0.6) is 0 Å². The van der Waals surface area contributed by atoms with Crippen molar-refractivity contribution in [2.75, 3.05) is 7.11 Å². The summed E-state index contributed by atoms with van der Waals surface area (Å²) in [4.78, 5) is 24.3. The second-order valence-corrected chi connectivity index (χ2v) is 8.26. The summed E-state index contributed by atoms with van der Waals surface area (Å²) in [6.45, 7) is 6.00. The first-order valence-corrected chi connectivity index (χ1v) is 9.88. The predicted octanol–water partition coefficient (Wildman–Crippen LogP) is 4.71. The zero-order valence-corrected chi connectivity index (χ0v) is 17.5. The topological polar surface area (TPSA) is 52.6 Å². The van der Waals surface area contributed by atoms with Gasteiger partial charge in [-0.1, -0.05) is 74.5 Å². The monoisotopic (exact) mass is 392 g/mol. The summed E-state index contributed by atoms with van der Waals surface area (Å²) in [5, 5.41) is 0. The maximum atomic E-state index is 12.6. The van der Waals surface area contributed by atoms with Crippen LogP contribution in [0.15, 0.2) is 66.2 Å². The molecule has 152 valence electrons. The van der Waals surface area contributed by atoms with Crippen molar-refractivity contribution in [2.45, 2.75) is 33.8 Å². The standard InChI is InChI=1S/C25H28O4/c1-17(23(26)28-4)13-21-22(25(21,2)3)24(27)29-16-20-12-8-11-19(15-20)14-18-9-6-5-7-10-18/h5-13,15,21-22H,14,16H2,1-4H3/b17-13+/t21-,22+/m1/s1. The average Bonchev–Trinajstić information content (AvgIpc) is 3.26. The summed E-state index contributed by atoms with van der Waals surface area (Å²) in [6, 6.07) is 18.4. The van der Waals surface area contributed by atoms with Gasteiger partial charge in [-0.15, -0.1) is 0 Å². The van der Waals surface area contributed by atoms with Gasteiger partial charge in [0.05, 0.1) is 13.0 Å². The number of hydrogen-bond donors (Lipinski definition) is 0. The molecule has 0 amide bonds. The molecule has 0 unspecified atom stereocenters. The number of ether oxygens (including phenoxy) is 2. The van der Waals surface area contributed by atoms with Gasteiger partial charge in [-0.2, -0.15) is 0 Å². The summed E-state index contributed by atoms with van der Waals surface area (Å²) in [5.74, 6) is -0.842. The van der Waals surface area contributed by atoms with E-state index in [4.69, 9.17) is 9.47 Å². The van der Waals surface area contributed by atoms with Crippen LogP contribution in [0.3, 0.4) is 0 Å². The van der Waals surface area contributed by atoms with Gasteiger partial charge in [0.2, 0.25) is 0 Å². The van der Waals surface area contributed by atoms with Crippen LogP contribution >= 0.6 is 0 Å². The summed E-state index contributed by atoms with van der Waals surface area (Å²) in [7, 11) is 1.36. The Hall–Kier alpha value is -2.88. The van der Waals surface area contributed by atoms with Crippen molar-refractivity contribution in [2.24, 2.45) is 17.3 Å². The molecule has 1 fully saturated rings. The molecule has 2 aromatic rings. The van der Waals surface area contributed by atoms with Gasteiger partial charge in [0.1, 0.15) is 6.61 Å². The van der Waals surface area contributed by atoms with Crippen molar-refractivity contribution in [1.29, 1.82) is 0 Å². The second-order valence-electron chi connectivity index (χ2n) is 8.26. The fourth-order valence-electron chi connectivity index (χ4n) is 3.84. The van der Waals surface area contributed by atoms with Gasteiger partial charge in [-0.25, -0.2) is 4.79 Å². The summed E-state index contributed by atoms with van der Waals surface area (Å²) >= 11 is 0. The highest BCUT2D eigenvalue weighted by molar-refractivity contribution is 5.88. The van der Waals surface area contributed by atoms with E-state index in [1.54, 1.807) is 6.92 Å². The highest BCUT2D eigenvalue weighted by atomic mass is 16.5. The average molecular weight is 392 g/mol. The van der Waals surface area contributed by atoms with Crippen molar-refractivity contribution in [3.63, 3.8) is 0 Å². The van der Waals surface area contributed by atoms with E-state index in [2.05, 4.69) is 24.3 Å². The molecule has 0 saturated heterocycles. The van der Waals surface area contributed by atoms with Crippen LogP contribution in [-0.2, 0) is 32.1 Å². The van der Waals surface area contributed by atoms with Gasteiger partial charge in [-0.05, 0) is 41.4 Å². The summed E-state index contributed by atoms with van der Waals surface area (Å²) < 4.78 is 10.3. The molecule has 1 aliphatic carbocycles. The summed E-state index contributed by atoms with van der Waals surface area (Å²) in [5.41, 5.74) is 3.71. The molecule has 0 bridgehead atoms. The third-order valence-electron chi connectivity index (χ3n) is 5.73. The smallest absolute Gasteiger partial charge is 0.333 e. The van der Waals surface area contributed by atoms with E-state index in [0.29, 0.717) is 5.57 Å². The van der Waals surface area contributed by atoms with Gasteiger partial charge in [-0.3, -0.25) is 4.79 Å². The van der Waals surface area contributed by atoms with Crippen LogP contribution < -0.4 is 0 Å². The normalized spacial score (nSPS) is 20.1. The molecule has 4 heteroatoms. The largest absolute Gasteiger partial charge is 0.466 e. The first kappa shape index (κ1) is 20.8. The van der Waals surface area contributed by atoms with E-state index in [9.17, 15) is 9.59 Å². The van der Waals surface area contributed by atoms with Crippen LogP contribution in [0.25, 0.3) is 0 Å². The minimum absolute atomic E-state index is 0.0153. The molecular weight excluding hydrogens is 364 g/mol. The Morgan fingerprint density at radius 2 is 1.66 bits per heavy atom. The highest BCUT2D eigenvalue weighted by Crippen LogP contribution is 2.59. The number of carbonyl (C=O) groups is 2. The van der Waals surface area contributed by atoms with E-state index in [-0.39, 0.29) is 35.8 Å². The molecule has 4 nitrogen and oxygen atoms in total. The van der Waals surface area contributed by atoms with E-state index in [1.807, 2.05) is 50.3 Å². The molecule has 2 atom stereocenters. The van der Waals surface area contributed by atoms with Gasteiger partial charge >= 0.3 is 11.9 Å². The Labute approximate surface area is 172 Å². The van der Waals surface area contributed by atoms with E-state index >= 15 is 0 Å². The van der Waals surface area contributed by atoms with Crippen molar-refractivity contribution in [1.82, 2.24) is 0 Å². The zero-order valence-electron chi connectivity index (χ0n) is 17.5. The van der Waals surface area contributed by atoms with Gasteiger partial charge in [0, 0.05) is 5.57 Å². The lowest BCUT2D eigenvalue weighted by Gasteiger charge is -2.08. The first-order valence-electron chi connectivity index (χ1n) is 9.88. The molecule has 3 rings (SSSR count). The Kier molecular flexibility index (Phi) is 6.21. The van der Waals surface area contributed by atoms with E-state index in [0.717, 1.165) is 12.0 Å². The quantitative estimate of drug-likeness (QED) is 0.506. The molecule has 2 aromatic carbocycles. The number of esters is 2. The fraction of sp³-hybridized carbons (Fsp3) is 0.360. The highest BCUT2D eigenvalue weighted by Gasteiger charge is 2.61. The van der Waals surface area contributed by atoms with Crippen molar-refractivity contribution < 1.29 is 19.1 Å². The SMILES string of the molecule is COC(=O)/C(C)=C/[C@@H]1[C@@H](C(=O)OCc2cccc(Cc3ccccc3)c2)C1(C)C. The summed E-state index contributed by atoms with van der Waals surface area (Å²) in [6.07, 6.45) is 2.68. The Balaban J connectivity index is 1.59. The van der Waals surface area contributed by atoms with E-state index in [1.165, 1.54) is 18.2 Å².